The molecular weight excluding hydrogens is 328 g/mol. The molecule has 7 heteroatoms. The molecule has 1 aliphatic carbocycles. The van der Waals surface area contributed by atoms with Crippen LogP contribution in [0.4, 0.5) is 0 Å². The molecule has 1 heterocycles. The van der Waals surface area contributed by atoms with Crippen LogP contribution in [0.1, 0.15) is 25.5 Å². The van der Waals surface area contributed by atoms with Gasteiger partial charge >= 0.3 is 5.97 Å². The number of hydrogen-bond donors (Lipinski definition) is 3. The number of carbonyl (C=O) groups excluding carboxylic acids is 2. The first-order valence-electron chi connectivity index (χ1n) is 7.79. The van der Waals surface area contributed by atoms with Crippen molar-refractivity contribution in [2.75, 3.05) is 0 Å². The fraction of sp³-hybridized carbons (Fsp3) is 0.471. The topological polar surface area (TPSA) is 109 Å². The number of amides is 1. The van der Waals surface area contributed by atoms with Crippen LogP contribution in [0.15, 0.2) is 30.3 Å². The van der Waals surface area contributed by atoms with E-state index in [0.29, 0.717) is 5.56 Å². The van der Waals surface area contributed by atoms with Crippen molar-refractivity contribution in [3.63, 3.8) is 0 Å². The Morgan fingerprint density at radius 3 is 2.50 bits per heavy atom. The molecule has 1 saturated carbocycles. The first-order valence-corrected chi connectivity index (χ1v) is 8.67. The van der Waals surface area contributed by atoms with Crippen LogP contribution in [-0.2, 0) is 14.4 Å². The van der Waals surface area contributed by atoms with E-state index in [1.165, 1.54) is 11.8 Å². The summed E-state index contributed by atoms with van der Waals surface area (Å²) in [6.45, 7) is 3.66. The van der Waals surface area contributed by atoms with Crippen molar-refractivity contribution in [1.29, 1.82) is 0 Å². The standard InChI is InChI=1S/C17H20N2O4S/c1-17(2)10(16(22)23)9-13(20)12(14(9)24-17)19-15(21)11(18)8-6-4-3-5-7-8/h3-7,9-12,14H,18H2,1-2H3,(H,19,21)(H,22,23)/t9?,10-,11+,12+,14-/m0/s1. The first-order chi connectivity index (χ1) is 11.2. The molecule has 4 N–H and O–H groups in total. The molecule has 0 radical (unpaired) electrons. The van der Waals surface area contributed by atoms with Crippen molar-refractivity contribution in [3.8, 4) is 0 Å². The predicted molar refractivity (Wildman–Crippen MR) is 90.4 cm³/mol. The monoisotopic (exact) mass is 348 g/mol. The molecule has 0 aromatic heterocycles. The SMILES string of the molecule is CC1(C)S[C@H]2C(C(=O)[C@H]2NC(=O)[C@H](N)c2ccccc2)[C@H]1C(=O)O. The number of nitrogens with two attached hydrogens (primary N) is 1. The van der Waals surface area contributed by atoms with Crippen LogP contribution < -0.4 is 11.1 Å². The molecule has 0 bridgehead atoms. The van der Waals surface area contributed by atoms with Gasteiger partial charge in [0, 0.05) is 15.9 Å². The average Bonchev–Trinajstić information content (AvgIpc) is 2.80. The van der Waals surface area contributed by atoms with E-state index >= 15 is 0 Å². The second kappa shape index (κ2) is 5.89. The summed E-state index contributed by atoms with van der Waals surface area (Å²) in [4.78, 5) is 36.3. The lowest BCUT2D eigenvalue weighted by molar-refractivity contribution is -0.151. The maximum Gasteiger partial charge on any atom is 0.308 e. The van der Waals surface area contributed by atoms with Gasteiger partial charge in [0.05, 0.1) is 5.92 Å². The van der Waals surface area contributed by atoms with Crippen molar-refractivity contribution in [1.82, 2.24) is 5.32 Å². The number of carbonyl (C=O) groups is 3. The third-order valence-electron chi connectivity index (χ3n) is 4.87. The highest BCUT2D eigenvalue weighted by molar-refractivity contribution is 8.01. The number of thioether (sulfide) groups is 1. The molecule has 2 fully saturated rings. The molecule has 24 heavy (non-hydrogen) atoms. The minimum atomic E-state index is -0.959. The number of nitrogens with one attached hydrogen (secondary N) is 1. The van der Waals surface area contributed by atoms with Crippen molar-refractivity contribution in [2.24, 2.45) is 17.6 Å². The van der Waals surface area contributed by atoms with Crippen LogP contribution in [0.25, 0.3) is 0 Å². The van der Waals surface area contributed by atoms with Crippen molar-refractivity contribution < 1.29 is 19.5 Å². The van der Waals surface area contributed by atoms with Crippen LogP contribution in [-0.4, -0.2) is 38.8 Å². The Labute approximate surface area is 144 Å². The van der Waals surface area contributed by atoms with Crippen LogP contribution in [0.5, 0.6) is 0 Å². The van der Waals surface area contributed by atoms with Crippen molar-refractivity contribution in [3.05, 3.63) is 35.9 Å². The fourth-order valence-corrected chi connectivity index (χ4v) is 5.50. The lowest BCUT2D eigenvalue weighted by Gasteiger charge is -2.39. The number of ketones is 1. The van der Waals surface area contributed by atoms with E-state index in [0.717, 1.165) is 0 Å². The number of aliphatic carboxylic acids is 1. The van der Waals surface area contributed by atoms with E-state index in [1.807, 2.05) is 19.9 Å². The van der Waals surface area contributed by atoms with E-state index in [9.17, 15) is 19.5 Å². The Morgan fingerprint density at radius 1 is 1.29 bits per heavy atom. The highest BCUT2D eigenvalue weighted by Gasteiger charge is 2.66. The highest BCUT2D eigenvalue weighted by Crippen LogP contribution is 2.57. The van der Waals surface area contributed by atoms with E-state index in [-0.39, 0.29) is 11.0 Å². The van der Waals surface area contributed by atoms with Gasteiger partial charge in [-0.25, -0.2) is 0 Å². The highest BCUT2D eigenvalue weighted by atomic mass is 32.2. The summed E-state index contributed by atoms with van der Waals surface area (Å²) in [5.74, 6) is -2.86. The van der Waals surface area contributed by atoms with Crippen LogP contribution in [0.2, 0.25) is 0 Å². The van der Waals surface area contributed by atoms with Gasteiger partial charge in [0.25, 0.3) is 0 Å². The minimum Gasteiger partial charge on any atom is -0.481 e. The van der Waals surface area contributed by atoms with Crippen molar-refractivity contribution in [2.45, 2.75) is 35.9 Å². The molecule has 1 amide bonds. The molecule has 2 aliphatic rings. The van der Waals surface area contributed by atoms with Gasteiger partial charge in [-0.3, -0.25) is 14.4 Å². The summed E-state index contributed by atoms with van der Waals surface area (Å²) in [6.07, 6.45) is 0. The van der Waals surface area contributed by atoms with Gasteiger partial charge in [-0.05, 0) is 19.4 Å². The van der Waals surface area contributed by atoms with Crippen LogP contribution in [0.3, 0.4) is 0 Å². The number of hydrogen-bond acceptors (Lipinski definition) is 5. The normalized spacial score (nSPS) is 31.7. The van der Waals surface area contributed by atoms with E-state index in [1.54, 1.807) is 24.3 Å². The quantitative estimate of drug-likeness (QED) is 0.748. The number of benzene rings is 1. The summed E-state index contributed by atoms with van der Waals surface area (Å²) in [5.41, 5.74) is 6.62. The maximum absolute atomic E-state index is 12.4. The lowest BCUT2D eigenvalue weighted by Crippen LogP contribution is -2.64. The Bertz CT molecular complexity index is 691. The Kier molecular flexibility index (Phi) is 4.17. The zero-order chi connectivity index (χ0) is 17.6. The molecule has 3 rings (SSSR count). The minimum absolute atomic E-state index is 0.208. The predicted octanol–water partition coefficient (Wildman–Crippen LogP) is 0.965. The maximum atomic E-state index is 12.4. The molecule has 1 saturated heterocycles. The van der Waals surface area contributed by atoms with Crippen LogP contribution >= 0.6 is 11.8 Å². The summed E-state index contributed by atoms with van der Waals surface area (Å²) in [7, 11) is 0. The summed E-state index contributed by atoms with van der Waals surface area (Å²) in [5, 5.41) is 11.9. The van der Waals surface area contributed by atoms with Crippen molar-refractivity contribution >= 4 is 29.4 Å². The fourth-order valence-electron chi connectivity index (χ4n) is 3.63. The zero-order valence-corrected chi connectivity index (χ0v) is 14.2. The van der Waals surface area contributed by atoms with Gasteiger partial charge in [0.1, 0.15) is 12.1 Å². The number of fused-ring (bicyclic) bond motifs is 1. The second-order valence-electron chi connectivity index (χ2n) is 6.80. The molecule has 128 valence electrons. The molecular formula is C17H20N2O4S. The zero-order valence-electron chi connectivity index (χ0n) is 13.4. The van der Waals surface area contributed by atoms with Gasteiger partial charge in [-0.15, -0.1) is 11.8 Å². The van der Waals surface area contributed by atoms with Gasteiger partial charge in [-0.1, -0.05) is 30.3 Å². The van der Waals surface area contributed by atoms with Crippen LogP contribution in [0, 0.1) is 11.8 Å². The molecule has 0 spiro atoms. The largest absolute Gasteiger partial charge is 0.481 e. The molecule has 5 atom stereocenters. The lowest BCUT2D eigenvalue weighted by atomic mass is 9.67. The number of carboxylic acid groups (broad SMARTS) is 1. The summed E-state index contributed by atoms with van der Waals surface area (Å²) >= 11 is 1.46. The Morgan fingerprint density at radius 2 is 1.92 bits per heavy atom. The second-order valence-corrected chi connectivity index (χ2v) is 8.64. The molecule has 1 aliphatic heterocycles. The molecule has 6 nitrogen and oxygen atoms in total. The average molecular weight is 348 g/mol. The third kappa shape index (κ3) is 2.61. The molecule has 1 aromatic rings. The van der Waals surface area contributed by atoms with Gasteiger partial charge in [0.15, 0.2) is 5.78 Å². The summed E-state index contributed by atoms with van der Waals surface area (Å²) < 4.78 is -0.544. The molecule has 1 aromatic carbocycles. The van der Waals surface area contributed by atoms with Gasteiger partial charge in [-0.2, -0.15) is 0 Å². The number of Topliss-reactive ketones (excluding diaryl/α,β-unsaturated/α-hetero) is 1. The smallest absolute Gasteiger partial charge is 0.308 e. The van der Waals surface area contributed by atoms with E-state index in [2.05, 4.69) is 5.32 Å². The Hall–Kier alpha value is -1.86. The molecule has 1 unspecified atom stereocenters. The third-order valence-corrected chi connectivity index (χ3v) is 6.57. The van der Waals surface area contributed by atoms with E-state index in [4.69, 9.17) is 5.73 Å². The number of rotatable bonds is 4. The van der Waals surface area contributed by atoms with Gasteiger partial charge in [0.2, 0.25) is 5.91 Å². The number of carboxylic acids is 1. The summed E-state index contributed by atoms with van der Waals surface area (Å²) in [6, 6.07) is 7.41. The Balaban J connectivity index is 1.71. The first kappa shape index (κ1) is 17.0. The van der Waals surface area contributed by atoms with Gasteiger partial charge < -0.3 is 16.2 Å². The van der Waals surface area contributed by atoms with E-state index < -0.39 is 40.5 Å².